The van der Waals surface area contributed by atoms with Gasteiger partial charge in [0.25, 0.3) is 5.91 Å². The van der Waals surface area contributed by atoms with Crippen molar-refractivity contribution < 1.29 is 4.79 Å². The summed E-state index contributed by atoms with van der Waals surface area (Å²) in [4.78, 5) is 16.0. The second kappa shape index (κ2) is 5.98. The van der Waals surface area contributed by atoms with E-state index in [0.29, 0.717) is 6.54 Å². The zero-order valence-corrected chi connectivity index (χ0v) is 11.5. The van der Waals surface area contributed by atoms with Crippen LogP contribution in [0.1, 0.15) is 32.9 Å². The number of benzene rings is 1. The zero-order chi connectivity index (χ0) is 14.5. The van der Waals surface area contributed by atoms with E-state index >= 15 is 0 Å². The second-order valence-electron chi connectivity index (χ2n) is 4.63. The Bertz CT molecular complexity index is 686. The van der Waals surface area contributed by atoms with Crippen LogP contribution in [0, 0.1) is 25.2 Å². The van der Waals surface area contributed by atoms with Gasteiger partial charge in [-0.05, 0) is 37.1 Å². The number of amides is 1. The first-order valence-corrected chi connectivity index (χ1v) is 6.31. The molecule has 4 nitrogen and oxygen atoms in total. The third-order valence-corrected chi connectivity index (χ3v) is 3.04. The first kappa shape index (κ1) is 13.8. The number of hydrogen-bond acceptors (Lipinski definition) is 3. The van der Waals surface area contributed by atoms with Crippen LogP contribution in [0.4, 0.5) is 0 Å². The van der Waals surface area contributed by atoms with Crippen molar-refractivity contribution in [1.82, 2.24) is 10.3 Å². The van der Waals surface area contributed by atoms with E-state index in [1.807, 2.05) is 32.0 Å². The largest absolute Gasteiger partial charge is 0.347 e. The summed E-state index contributed by atoms with van der Waals surface area (Å²) in [6.45, 7) is 4.48. The highest BCUT2D eigenvalue weighted by Gasteiger charge is 2.08. The number of nitriles is 1. The summed E-state index contributed by atoms with van der Waals surface area (Å²) < 4.78 is 0. The quantitative estimate of drug-likeness (QED) is 0.927. The fourth-order valence-corrected chi connectivity index (χ4v) is 1.88. The van der Waals surface area contributed by atoms with Crippen LogP contribution in [-0.4, -0.2) is 10.9 Å². The minimum absolute atomic E-state index is 0.240. The van der Waals surface area contributed by atoms with E-state index in [9.17, 15) is 4.79 Å². The summed E-state index contributed by atoms with van der Waals surface area (Å²) in [6.07, 6.45) is 0. The Morgan fingerprint density at radius 2 is 2.10 bits per heavy atom. The van der Waals surface area contributed by atoms with Crippen LogP contribution in [-0.2, 0) is 6.54 Å². The maximum Gasteiger partial charge on any atom is 0.270 e. The highest BCUT2D eigenvalue weighted by molar-refractivity contribution is 5.92. The molecule has 0 bridgehead atoms. The molecule has 0 atom stereocenters. The number of hydrogen-bond donors (Lipinski definition) is 1. The predicted molar refractivity (Wildman–Crippen MR) is 76.0 cm³/mol. The molecule has 1 heterocycles. The predicted octanol–water partition coefficient (Wildman–Crippen LogP) is 2.50. The minimum atomic E-state index is -0.275. The average Bonchev–Trinajstić information content (AvgIpc) is 2.48. The van der Waals surface area contributed by atoms with Crippen molar-refractivity contribution in [3.05, 3.63) is 64.5 Å². The number of carbonyl (C=O) groups is 1. The summed E-state index contributed by atoms with van der Waals surface area (Å²) in [6, 6.07) is 12.9. The lowest BCUT2D eigenvalue weighted by Crippen LogP contribution is -2.24. The number of pyridine rings is 1. The molecule has 0 spiro atoms. The van der Waals surface area contributed by atoms with Gasteiger partial charge in [0.15, 0.2) is 0 Å². The van der Waals surface area contributed by atoms with Crippen LogP contribution in [0.15, 0.2) is 36.4 Å². The van der Waals surface area contributed by atoms with Gasteiger partial charge in [-0.3, -0.25) is 4.79 Å². The van der Waals surface area contributed by atoms with E-state index < -0.39 is 0 Å². The van der Waals surface area contributed by atoms with Crippen LogP contribution in [0.5, 0.6) is 0 Å². The zero-order valence-electron chi connectivity index (χ0n) is 11.5. The molecule has 0 aliphatic carbocycles. The summed E-state index contributed by atoms with van der Waals surface area (Å²) in [5, 5.41) is 11.6. The van der Waals surface area contributed by atoms with Gasteiger partial charge in [0.05, 0.1) is 0 Å². The van der Waals surface area contributed by atoms with Gasteiger partial charge in [-0.2, -0.15) is 5.26 Å². The Kier molecular flexibility index (Phi) is 4.11. The summed E-state index contributed by atoms with van der Waals surface area (Å²) in [5.41, 5.74) is 3.87. The number of carbonyl (C=O) groups excluding carboxylic acids is 1. The summed E-state index contributed by atoms with van der Waals surface area (Å²) in [7, 11) is 0. The minimum Gasteiger partial charge on any atom is -0.347 e. The standard InChI is InChI=1S/C16H15N3O/c1-11-6-7-12(2)13(8-11)10-18-16(20)15-5-3-4-14(9-17)19-15/h3-8H,10H2,1-2H3,(H,18,20). The van der Waals surface area contributed by atoms with Crippen molar-refractivity contribution >= 4 is 5.91 Å². The first-order chi connectivity index (χ1) is 9.60. The van der Waals surface area contributed by atoms with Gasteiger partial charge in [-0.25, -0.2) is 4.98 Å². The van der Waals surface area contributed by atoms with Gasteiger partial charge in [0.2, 0.25) is 0 Å². The Labute approximate surface area is 118 Å². The van der Waals surface area contributed by atoms with E-state index in [1.165, 1.54) is 0 Å². The molecule has 100 valence electrons. The van der Waals surface area contributed by atoms with E-state index in [4.69, 9.17) is 5.26 Å². The van der Waals surface area contributed by atoms with Crippen LogP contribution in [0.25, 0.3) is 0 Å². The molecule has 20 heavy (non-hydrogen) atoms. The summed E-state index contributed by atoms with van der Waals surface area (Å²) >= 11 is 0. The third kappa shape index (κ3) is 3.21. The molecule has 1 aromatic carbocycles. The maximum atomic E-state index is 12.0. The molecule has 0 saturated carbocycles. The van der Waals surface area contributed by atoms with Crippen LogP contribution >= 0.6 is 0 Å². The lowest BCUT2D eigenvalue weighted by Gasteiger charge is -2.08. The highest BCUT2D eigenvalue weighted by Crippen LogP contribution is 2.10. The Morgan fingerprint density at radius 3 is 2.85 bits per heavy atom. The molecular formula is C16H15N3O. The van der Waals surface area contributed by atoms with Crippen molar-refractivity contribution in [1.29, 1.82) is 5.26 Å². The van der Waals surface area contributed by atoms with Gasteiger partial charge in [-0.1, -0.05) is 29.8 Å². The molecule has 1 N–H and O–H groups in total. The number of nitrogens with one attached hydrogen (secondary N) is 1. The molecule has 0 saturated heterocycles. The van der Waals surface area contributed by atoms with E-state index in [-0.39, 0.29) is 17.3 Å². The molecule has 1 aromatic heterocycles. The van der Waals surface area contributed by atoms with Crippen LogP contribution in [0.3, 0.4) is 0 Å². The Balaban J connectivity index is 2.09. The Hall–Kier alpha value is -2.67. The topological polar surface area (TPSA) is 65.8 Å². The summed E-state index contributed by atoms with van der Waals surface area (Å²) in [5.74, 6) is -0.275. The fourth-order valence-electron chi connectivity index (χ4n) is 1.88. The number of rotatable bonds is 3. The first-order valence-electron chi connectivity index (χ1n) is 6.31. The lowest BCUT2D eigenvalue weighted by molar-refractivity contribution is 0.0946. The average molecular weight is 265 g/mol. The molecular weight excluding hydrogens is 250 g/mol. The van der Waals surface area contributed by atoms with Crippen molar-refractivity contribution in [3.63, 3.8) is 0 Å². The van der Waals surface area contributed by atoms with Gasteiger partial charge in [-0.15, -0.1) is 0 Å². The maximum absolute atomic E-state index is 12.0. The van der Waals surface area contributed by atoms with Gasteiger partial charge in [0.1, 0.15) is 17.5 Å². The molecule has 0 unspecified atom stereocenters. The Morgan fingerprint density at radius 1 is 1.30 bits per heavy atom. The van der Waals surface area contributed by atoms with Crippen molar-refractivity contribution in [3.8, 4) is 6.07 Å². The second-order valence-corrected chi connectivity index (χ2v) is 4.63. The molecule has 1 amide bonds. The number of nitrogens with zero attached hydrogens (tertiary/aromatic N) is 2. The molecule has 0 aliphatic heterocycles. The molecule has 2 aromatic rings. The van der Waals surface area contributed by atoms with Crippen LogP contribution in [0.2, 0.25) is 0 Å². The van der Waals surface area contributed by atoms with Crippen molar-refractivity contribution in [2.75, 3.05) is 0 Å². The molecule has 4 heteroatoms. The van der Waals surface area contributed by atoms with E-state index in [2.05, 4.69) is 16.4 Å². The van der Waals surface area contributed by atoms with Gasteiger partial charge < -0.3 is 5.32 Å². The van der Waals surface area contributed by atoms with Crippen LogP contribution < -0.4 is 5.32 Å². The van der Waals surface area contributed by atoms with E-state index in [1.54, 1.807) is 18.2 Å². The van der Waals surface area contributed by atoms with Crippen molar-refractivity contribution in [2.45, 2.75) is 20.4 Å². The molecule has 0 fully saturated rings. The van der Waals surface area contributed by atoms with E-state index in [0.717, 1.165) is 16.7 Å². The molecule has 2 rings (SSSR count). The fraction of sp³-hybridized carbons (Fsp3) is 0.188. The SMILES string of the molecule is Cc1ccc(C)c(CNC(=O)c2cccc(C#N)n2)c1. The van der Waals surface area contributed by atoms with Crippen molar-refractivity contribution in [2.24, 2.45) is 0 Å². The van der Waals surface area contributed by atoms with Gasteiger partial charge >= 0.3 is 0 Å². The number of aromatic nitrogens is 1. The normalized spacial score (nSPS) is 9.85. The molecule has 0 aliphatic rings. The smallest absolute Gasteiger partial charge is 0.270 e. The lowest BCUT2D eigenvalue weighted by atomic mass is 10.1. The van der Waals surface area contributed by atoms with Gasteiger partial charge in [0, 0.05) is 6.54 Å². The highest BCUT2D eigenvalue weighted by atomic mass is 16.1. The third-order valence-electron chi connectivity index (χ3n) is 3.04. The monoisotopic (exact) mass is 265 g/mol. The number of aryl methyl sites for hydroxylation is 2. The molecule has 0 radical (unpaired) electrons.